The Morgan fingerprint density at radius 1 is 0.762 bits per heavy atom. The van der Waals surface area contributed by atoms with Crippen LogP contribution in [0, 0.1) is 0 Å². The van der Waals surface area contributed by atoms with Crippen molar-refractivity contribution in [3.05, 3.63) is 67.0 Å². The van der Waals surface area contributed by atoms with E-state index in [4.69, 9.17) is 0 Å². The molecular weight excluding hydrogens is 466 g/mol. The Morgan fingerprint density at radius 3 is 1.43 bits per heavy atom. The minimum Gasteiger partial charge on any atom is -0.246 e. The third-order valence-corrected chi connectivity index (χ3v) is 2.15. The van der Waals surface area contributed by atoms with E-state index in [1.54, 1.807) is 0 Å². The lowest BCUT2D eigenvalue weighted by Crippen LogP contribution is -1.73. The van der Waals surface area contributed by atoms with Gasteiger partial charge >= 0.3 is 0 Å². The van der Waals surface area contributed by atoms with Crippen molar-refractivity contribution >= 4 is 48.4 Å². The maximum absolute atomic E-state index is 3.31. The fraction of sp³-hybridized carbons (Fsp3) is 0. The Hall–Kier alpha value is -1.09. The zero-order valence-electron chi connectivity index (χ0n) is 10.8. The van der Waals surface area contributed by atoms with Crippen molar-refractivity contribution < 1.29 is 0 Å². The van der Waals surface area contributed by atoms with E-state index in [1.807, 2.05) is 12.1 Å². The van der Waals surface area contributed by atoms with E-state index >= 15 is 0 Å². The fourth-order valence-electron chi connectivity index (χ4n) is 1.39. The van der Waals surface area contributed by atoms with Gasteiger partial charge in [-0.1, -0.05) is 60.7 Å². The first-order valence-corrected chi connectivity index (χ1v) is 7.88. The van der Waals surface area contributed by atoms with Gasteiger partial charge in [0.2, 0.25) is 0 Å². The van der Waals surface area contributed by atoms with Crippen molar-refractivity contribution in [1.82, 2.24) is 22.6 Å². The molecular formula is C13H12Br3N5. The summed E-state index contributed by atoms with van der Waals surface area (Å²) in [5.41, 5.74) is 2.55. The fourth-order valence-corrected chi connectivity index (χ4v) is 1.39. The first-order chi connectivity index (χ1) is 10.2. The molecule has 0 aliphatic rings. The lowest BCUT2D eigenvalue weighted by atomic mass is 10.1. The van der Waals surface area contributed by atoms with Gasteiger partial charge in [-0.2, -0.15) is 0 Å². The Kier molecular flexibility index (Phi) is 9.88. The van der Waals surface area contributed by atoms with E-state index in [0.717, 1.165) is 0 Å². The van der Waals surface area contributed by atoms with Crippen LogP contribution in [0.3, 0.4) is 0 Å². The normalized spacial score (nSPS) is 9.14. The molecule has 0 amide bonds. The molecule has 0 bridgehead atoms. The van der Waals surface area contributed by atoms with Gasteiger partial charge in [0.05, 0.1) is 0 Å². The van der Waals surface area contributed by atoms with Crippen LogP contribution in [0.4, 0.5) is 0 Å². The van der Waals surface area contributed by atoms with Gasteiger partial charge in [-0.3, -0.25) is 0 Å². The highest BCUT2D eigenvalue weighted by atomic mass is 80.0. The minimum atomic E-state index is 1.28. The van der Waals surface area contributed by atoms with Crippen molar-refractivity contribution in [2.45, 2.75) is 0 Å². The van der Waals surface area contributed by atoms with Crippen LogP contribution in [0.25, 0.3) is 11.1 Å². The summed E-state index contributed by atoms with van der Waals surface area (Å²) in [4.78, 5) is 0. The number of H-pyrrole nitrogens is 1. The lowest BCUT2D eigenvalue weighted by molar-refractivity contribution is 0.881. The standard InChI is InChI=1S/C12H10.CH2N4.Br3N/c1-3-7-11(8-4-1)12-9-5-2-6-10-12;1-2-4-5-3-1;1-4(2)3/h1-10H;1H,(H,2,3,4,5);. The van der Waals surface area contributed by atoms with Crippen LogP contribution in [0.1, 0.15) is 0 Å². The molecule has 0 spiro atoms. The van der Waals surface area contributed by atoms with Gasteiger partial charge in [0, 0.05) is 48.4 Å². The summed E-state index contributed by atoms with van der Waals surface area (Å²) in [6, 6.07) is 20.8. The molecule has 0 saturated heterocycles. The molecule has 3 rings (SSSR count). The Labute approximate surface area is 148 Å². The van der Waals surface area contributed by atoms with Crippen LogP contribution in [0.5, 0.6) is 0 Å². The molecule has 8 heteroatoms. The third-order valence-electron chi connectivity index (χ3n) is 2.15. The van der Waals surface area contributed by atoms with Crippen LogP contribution in [-0.4, -0.2) is 22.6 Å². The molecule has 1 aromatic heterocycles. The lowest BCUT2D eigenvalue weighted by Gasteiger charge is -1.98. The Morgan fingerprint density at radius 2 is 1.19 bits per heavy atom. The van der Waals surface area contributed by atoms with Gasteiger partial charge in [0.25, 0.3) is 0 Å². The molecule has 1 N–H and O–H groups in total. The summed E-state index contributed by atoms with van der Waals surface area (Å²) in [7, 11) is 0. The van der Waals surface area contributed by atoms with Gasteiger partial charge in [-0.25, -0.2) is 5.10 Å². The summed E-state index contributed by atoms with van der Waals surface area (Å²) < 4.78 is 1.44. The molecule has 110 valence electrons. The van der Waals surface area contributed by atoms with Gasteiger partial charge in [0.1, 0.15) is 6.33 Å². The van der Waals surface area contributed by atoms with E-state index in [9.17, 15) is 0 Å². The van der Waals surface area contributed by atoms with Gasteiger partial charge in [0.15, 0.2) is 0 Å². The molecule has 21 heavy (non-hydrogen) atoms. The maximum atomic E-state index is 3.31. The van der Waals surface area contributed by atoms with Crippen molar-refractivity contribution in [3.63, 3.8) is 0 Å². The van der Waals surface area contributed by atoms with Crippen molar-refractivity contribution in [2.24, 2.45) is 0 Å². The quantitative estimate of drug-likeness (QED) is 0.513. The molecule has 0 radical (unpaired) electrons. The molecule has 0 aliphatic carbocycles. The van der Waals surface area contributed by atoms with Crippen LogP contribution in [0.15, 0.2) is 67.0 Å². The van der Waals surface area contributed by atoms with E-state index in [2.05, 4.69) is 118 Å². The summed E-state index contributed by atoms with van der Waals surface area (Å²) >= 11 is 8.81. The number of aromatic amines is 1. The number of nitrogens with zero attached hydrogens (tertiary/aromatic N) is 4. The maximum Gasteiger partial charge on any atom is 0.135 e. The largest absolute Gasteiger partial charge is 0.246 e. The van der Waals surface area contributed by atoms with Crippen LogP contribution in [0.2, 0.25) is 0 Å². The predicted molar refractivity (Wildman–Crippen MR) is 94.7 cm³/mol. The predicted octanol–water partition coefficient (Wildman–Crippen LogP) is 4.77. The summed E-state index contributed by atoms with van der Waals surface area (Å²) in [6.07, 6.45) is 1.40. The molecule has 2 aromatic carbocycles. The van der Waals surface area contributed by atoms with Crippen LogP contribution < -0.4 is 0 Å². The van der Waals surface area contributed by atoms with E-state index in [0.29, 0.717) is 0 Å². The summed E-state index contributed by atoms with van der Waals surface area (Å²) in [5.74, 6) is 0. The second-order valence-corrected chi connectivity index (χ2v) is 8.47. The molecule has 3 aromatic rings. The third kappa shape index (κ3) is 9.46. The van der Waals surface area contributed by atoms with Crippen molar-refractivity contribution in [1.29, 1.82) is 0 Å². The zero-order chi connectivity index (χ0) is 15.3. The van der Waals surface area contributed by atoms with Crippen LogP contribution in [-0.2, 0) is 0 Å². The first kappa shape index (κ1) is 18.0. The zero-order valence-corrected chi connectivity index (χ0v) is 15.5. The van der Waals surface area contributed by atoms with Gasteiger partial charge < -0.3 is 0 Å². The second kappa shape index (κ2) is 11.6. The van der Waals surface area contributed by atoms with Crippen molar-refractivity contribution in [2.75, 3.05) is 0 Å². The number of hydrogen-bond acceptors (Lipinski definition) is 4. The molecule has 0 atom stereocenters. The number of nitrogens with one attached hydrogen (secondary N) is 1. The molecule has 0 fully saturated rings. The smallest absolute Gasteiger partial charge is 0.135 e. The average molecular weight is 478 g/mol. The molecule has 0 unspecified atom stereocenters. The average Bonchev–Trinajstić information content (AvgIpc) is 3.08. The van der Waals surface area contributed by atoms with Gasteiger partial charge in [-0.15, -0.1) is 7.08 Å². The van der Waals surface area contributed by atoms with Crippen molar-refractivity contribution in [3.8, 4) is 11.1 Å². The summed E-state index contributed by atoms with van der Waals surface area (Å²) in [5, 5.41) is 12.1. The minimum absolute atomic E-state index is 1.28. The molecule has 0 saturated carbocycles. The number of halogens is 3. The highest BCUT2D eigenvalue weighted by molar-refractivity contribution is 9.33. The molecule has 0 aliphatic heterocycles. The number of aromatic nitrogens is 4. The number of benzene rings is 2. The Balaban J connectivity index is 0.000000203. The highest BCUT2D eigenvalue weighted by Crippen LogP contribution is 2.17. The first-order valence-electron chi connectivity index (χ1n) is 5.75. The highest BCUT2D eigenvalue weighted by Gasteiger charge is 1.91. The monoisotopic (exact) mass is 475 g/mol. The second-order valence-electron chi connectivity index (χ2n) is 3.49. The Bertz CT molecular complexity index is 503. The molecule has 5 nitrogen and oxygen atoms in total. The summed E-state index contributed by atoms with van der Waals surface area (Å²) in [6.45, 7) is 0. The van der Waals surface area contributed by atoms with Gasteiger partial charge in [-0.05, 0) is 21.6 Å². The number of tetrazole rings is 1. The van der Waals surface area contributed by atoms with E-state index < -0.39 is 0 Å². The number of hydrogen-bond donors (Lipinski definition) is 1. The SMILES string of the molecule is BrN(Br)Br.c1ccc(-c2ccccc2)cc1.c1nnn[nH]1. The molecule has 1 heterocycles. The van der Waals surface area contributed by atoms with E-state index in [1.165, 1.54) is 19.4 Å². The van der Waals surface area contributed by atoms with Crippen LogP contribution >= 0.6 is 48.4 Å². The topological polar surface area (TPSA) is 57.7 Å². The number of rotatable bonds is 1. The van der Waals surface area contributed by atoms with E-state index in [-0.39, 0.29) is 0 Å².